The Bertz CT molecular complexity index is 703. The Morgan fingerprint density at radius 1 is 1.41 bits per heavy atom. The van der Waals surface area contributed by atoms with Gasteiger partial charge in [0.2, 0.25) is 0 Å². The number of ether oxygens (including phenoxy) is 1. The van der Waals surface area contributed by atoms with Gasteiger partial charge in [-0.15, -0.1) is 0 Å². The van der Waals surface area contributed by atoms with Crippen molar-refractivity contribution in [2.24, 2.45) is 5.92 Å². The third kappa shape index (κ3) is 2.14. The molecule has 1 unspecified atom stereocenters. The molecule has 1 atom stereocenters. The van der Waals surface area contributed by atoms with E-state index in [1.54, 1.807) is 7.11 Å². The van der Waals surface area contributed by atoms with E-state index >= 15 is 0 Å². The Balaban J connectivity index is 1.58. The minimum absolute atomic E-state index is 0.0988. The van der Waals surface area contributed by atoms with Gasteiger partial charge in [0.15, 0.2) is 5.69 Å². The molecule has 2 bridgehead atoms. The average Bonchev–Trinajstić information content (AvgIpc) is 3.00. The lowest BCUT2D eigenvalue weighted by molar-refractivity contribution is 0.0618. The number of benzene rings is 1. The van der Waals surface area contributed by atoms with Crippen molar-refractivity contribution in [3.8, 4) is 5.75 Å². The summed E-state index contributed by atoms with van der Waals surface area (Å²) in [5.74, 6) is 1.21. The van der Waals surface area contributed by atoms with Gasteiger partial charge in [0, 0.05) is 18.0 Å². The van der Waals surface area contributed by atoms with Gasteiger partial charge in [0.1, 0.15) is 11.3 Å². The Kier molecular flexibility index (Phi) is 3.26. The number of para-hydroxylation sites is 1. The molecular weight excluding hydrogens is 280 g/mol. The Labute approximate surface area is 128 Å². The highest BCUT2D eigenvalue weighted by molar-refractivity contribution is 6.06. The van der Waals surface area contributed by atoms with E-state index in [1.807, 2.05) is 18.2 Å². The van der Waals surface area contributed by atoms with Crippen LogP contribution in [0.1, 0.15) is 23.3 Å². The first-order chi connectivity index (χ1) is 10.8. The number of carbonyl (C=O) groups excluding carboxylic acids is 1. The fourth-order valence-corrected chi connectivity index (χ4v) is 3.72. The number of rotatable bonds is 3. The first-order valence-electron chi connectivity index (χ1n) is 7.80. The Morgan fingerprint density at radius 2 is 2.23 bits per heavy atom. The van der Waals surface area contributed by atoms with E-state index < -0.39 is 0 Å². The van der Waals surface area contributed by atoms with Gasteiger partial charge < -0.3 is 15.0 Å². The molecule has 0 spiro atoms. The minimum Gasteiger partial charge on any atom is -0.494 e. The molecule has 1 amide bonds. The molecule has 6 heteroatoms. The number of piperidine rings is 3. The Hall–Kier alpha value is -2.08. The van der Waals surface area contributed by atoms with E-state index in [-0.39, 0.29) is 11.9 Å². The average molecular weight is 300 g/mol. The summed E-state index contributed by atoms with van der Waals surface area (Å²) in [7, 11) is 1.61. The molecule has 2 aromatic rings. The topological polar surface area (TPSA) is 70.2 Å². The summed E-state index contributed by atoms with van der Waals surface area (Å²) in [6.45, 7) is 3.29. The maximum atomic E-state index is 12.6. The van der Waals surface area contributed by atoms with Gasteiger partial charge in [-0.1, -0.05) is 12.1 Å². The molecule has 0 saturated carbocycles. The van der Waals surface area contributed by atoms with Gasteiger partial charge in [-0.3, -0.25) is 9.89 Å². The standard InChI is InChI=1S/C16H20N4O2/c1-22-13-4-2-3-11-14(13)18-19-15(11)16(21)17-12-9-20-7-5-10(12)6-8-20/h2-4,10,12H,5-9H2,1H3,(H,17,21)(H,18,19). The molecule has 3 aliphatic rings. The smallest absolute Gasteiger partial charge is 0.272 e. The maximum Gasteiger partial charge on any atom is 0.272 e. The fraction of sp³-hybridized carbons (Fsp3) is 0.500. The molecule has 3 saturated heterocycles. The predicted octanol–water partition coefficient (Wildman–Crippen LogP) is 1.40. The molecule has 0 aliphatic carbocycles. The number of fused-ring (bicyclic) bond motifs is 4. The molecule has 1 aromatic heterocycles. The number of carbonyl (C=O) groups is 1. The number of H-pyrrole nitrogens is 1. The lowest BCUT2D eigenvalue weighted by Gasteiger charge is -2.44. The van der Waals surface area contributed by atoms with Crippen LogP contribution in [-0.4, -0.2) is 53.8 Å². The van der Waals surface area contributed by atoms with Gasteiger partial charge in [-0.2, -0.15) is 5.10 Å². The van der Waals surface area contributed by atoms with Crippen LogP contribution in [-0.2, 0) is 0 Å². The van der Waals surface area contributed by atoms with Crippen molar-refractivity contribution in [1.29, 1.82) is 0 Å². The molecule has 116 valence electrons. The number of hydrogen-bond acceptors (Lipinski definition) is 4. The van der Waals surface area contributed by atoms with Crippen LogP contribution in [0, 0.1) is 5.92 Å². The summed E-state index contributed by atoms with van der Waals surface area (Å²) in [5.41, 5.74) is 1.22. The second-order valence-electron chi connectivity index (χ2n) is 6.17. The van der Waals surface area contributed by atoms with E-state index in [2.05, 4.69) is 20.4 Å². The number of hydrogen-bond donors (Lipinski definition) is 2. The van der Waals surface area contributed by atoms with Crippen molar-refractivity contribution < 1.29 is 9.53 Å². The monoisotopic (exact) mass is 300 g/mol. The number of nitrogens with zero attached hydrogens (tertiary/aromatic N) is 2. The summed E-state index contributed by atoms with van der Waals surface area (Å²) < 4.78 is 5.30. The van der Waals surface area contributed by atoms with Gasteiger partial charge in [-0.05, 0) is 37.9 Å². The number of methoxy groups -OCH3 is 1. The first kappa shape index (κ1) is 13.6. The predicted molar refractivity (Wildman–Crippen MR) is 83.1 cm³/mol. The van der Waals surface area contributed by atoms with E-state index in [0.717, 1.165) is 17.4 Å². The molecule has 4 heterocycles. The summed E-state index contributed by atoms with van der Waals surface area (Å²) in [6, 6.07) is 5.87. The van der Waals surface area contributed by atoms with Crippen LogP contribution in [0.3, 0.4) is 0 Å². The third-order valence-corrected chi connectivity index (χ3v) is 4.97. The van der Waals surface area contributed by atoms with Crippen LogP contribution in [0.25, 0.3) is 10.9 Å². The van der Waals surface area contributed by atoms with Crippen molar-refractivity contribution in [1.82, 2.24) is 20.4 Å². The minimum atomic E-state index is -0.0988. The highest BCUT2D eigenvalue weighted by Crippen LogP contribution is 2.29. The molecule has 22 heavy (non-hydrogen) atoms. The highest BCUT2D eigenvalue weighted by Gasteiger charge is 2.35. The second kappa shape index (κ2) is 5.28. The number of amides is 1. The fourth-order valence-electron chi connectivity index (χ4n) is 3.72. The molecule has 1 aromatic carbocycles. The van der Waals surface area contributed by atoms with Crippen molar-refractivity contribution in [3.63, 3.8) is 0 Å². The maximum absolute atomic E-state index is 12.6. The van der Waals surface area contributed by atoms with Gasteiger partial charge in [0.05, 0.1) is 7.11 Å². The first-order valence-corrected chi connectivity index (χ1v) is 7.80. The van der Waals surface area contributed by atoms with Crippen LogP contribution >= 0.6 is 0 Å². The van der Waals surface area contributed by atoms with E-state index in [4.69, 9.17) is 4.74 Å². The van der Waals surface area contributed by atoms with Gasteiger partial charge in [0.25, 0.3) is 5.91 Å². The lowest BCUT2D eigenvalue weighted by atomic mass is 9.84. The van der Waals surface area contributed by atoms with Crippen LogP contribution in [0.15, 0.2) is 18.2 Å². The largest absolute Gasteiger partial charge is 0.494 e. The summed E-state index contributed by atoms with van der Waals surface area (Å²) in [5, 5.41) is 11.1. The third-order valence-electron chi connectivity index (χ3n) is 4.97. The summed E-state index contributed by atoms with van der Waals surface area (Å²) >= 11 is 0. The van der Waals surface area contributed by atoms with Crippen LogP contribution < -0.4 is 10.1 Å². The zero-order valence-electron chi connectivity index (χ0n) is 12.6. The normalized spacial score (nSPS) is 27.0. The van der Waals surface area contributed by atoms with Crippen LogP contribution in [0.5, 0.6) is 5.75 Å². The summed E-state index contributed by atoms with van der Waals surface area (Å²) in [6.07, 6.45) is 2.36. The zero-order chi connectivity index (χ0) is 15.1. The zero-order valence-corrected chi connectivity index (χ0v) is 12.6. The molecule has 5 rings (SSSR count). The molecule has 2 N–H and O–H groups in total. The van der Waals surface area contributed by atoms with Gasteiger partial charge >= 0.3 is 0 Å². The molecule has 3 fully saturated rings. The Morgan fingerprint density at radius 3 is 2.91 bits per heavy atom. The van der Waals surface area contributed by atoms with Crippen molar-refractivity contribution >= 4 is 16.8 Å². The second-order valence-corrected chi connectivity index (χ2v) is 6.17. The van der Waals surface area contributed by atoms with Crippen LogP contribution in [0.4, 0.5) is 0 Å². The molecule has 0 radical (unpaired) electrons. The summed E-state index contributed by atoms with van der Waals surface area (Å²) in [4.78, 5) is 15.0. The number of aromatic amines is 1. The van der Waals surface area contributed by atoms with Crippen molar-refractivity contribution in [2.75, 3.05) is 26.7 Å². The van der Waals surface area contributed by atoms with Crippen LogP contribution in [0.2, 0.25) is 0 Å². The number of nitrogens with one attached hydrogen (secondary N) is 2. The van der Waals surface area contributed by atoms with E-state index in [1.165, 1.54) is 25.9 Å². The lowest BCUT2D eigenvalue weighted by Crippen LogP contribution is -2.57. The molecular formula is C16H20N4O2. The highest BCUT2D eigenvalue weighted by atomic mass is 16.5. The van der Waals surface area contributed by atoms with E-state index in [9.17, 15) is 4.79 Å². The van der Waals surface area contributed by atoms with Gasteiger partial charge in [-0.25, -0.2) is 0 Å². The molecule has 6 nitrogen and oxygen atoms in total. The quantitative estimate of drug-likeness (QED) is 0.899. The van der Waals surface area contributed by atoms with E-state index in [0.29, 0.717) is 17.4 Å². The number of aromatic nitrogens is 2. The van der Waals surface area contributed by atoms with Crippen molar-refractivity contribution in [3.05, 3.63) is 23.9 Å². The molecule has 3 aliphatic heterocycles. The SMILES string of the molecule is COc1cccc2c(C(=O)NC3CN4CCC3CC4)n[nH]c12. The van der Waals surface area contributed by atoms with Crippen molar-refractivity contribution in [2.45, 2.75) is 18.9 Å².